The fourth-order valence-electron chi connectivity index (χ4n) is 6.50. The quantitative estimate of drug-likeness (QED) is 0.610. The van der Waals surface area contributed by atoms with Gasteiger partial charge in [0.1, 0.15) is 17.2 Å². The Morgan fingerprint density at radius 3 is 2.37 bits per heavy atom. The van der Waals surface area contributed by atoms with Crippen LogP contribution in [0.5, 0.6) is 0 Å². The van der Waals surface area contributed by atoms with Crippen LogP contribution in [0.2, 0.25) is 0 Å². The van der Waals surface area contributed by atoms with E-state index < -0.39 is 23.3 Å². The van der Waals surface area contributed by atoms with Gasteiger partial charge in [0, 0.05) is 11.9 Å². The van der Waals surface area contributed by atoms with Gasteiger partial charge in [0.05, 0.1) is 17.4 Å². The zero-order valence-corrected chi connectivity index (χ0v) is 23.0. The van der Waals surface area contributed by atoms with Crippen LogP contribution in [0.25, 0.3) is 10.9 Å². The van der Waals surface area contributed by atoms with Crippen molar-refractivity contribution in [3.8, 4) is 0 Å². The molecule has 0 spiro atoms. The maximum atomic E-state index is 14.2. The highest BCUT2D eigenvalue weighted by Gasteiger charge is 2.50. The number of likely N-dealkylation sites (tertiary alicyclic amines) is 2. The molecule has 1 aromatic carbocycles. The van der Waals surface area contributed by atoms with Crippen LogP contribution < -0.4 is 5.32 Å². The molecule has 0 bridgehead atoms. The van der Waals surface area contributed by atoms with E-state index in [9.17, 15) is 14.4 Å². The van der Waals surface area contributed by atoms with Gasteiger partial charge in [-0.3, -0.25) is 14.5 Å². The normalized spacial score (nSPS) is 22.4. The number of carbonyl (C=O) groups excluding carboxylic acids is 3. The van der Waals surface area contributed by atoms with Crippen LogP contribution in [0.4, 0.5) is 10.5 Å². The predicted octanol–water partition coefficient (Wildman–Crippen LogP) is 4.94. The Hall–Kier alpha value is -2.94. The maximum absolute atomic E-state index is 14.2. The number of ether oxygens (including phenoxy) is 1. The molecule has 5 rings (SSSR count). The summed E-state index contributed by atoms with van der Waals surface area (Å²) in [6.45, 7) is 7.98. The molecule has 1 aliphatic carbocycles. The molecule has 1 saturated carbocycles. The van der Waals surface area contributed by atoms with E-state index in [0.29, 0.717) is 29.6 Å². The lowest BCUT2D eigenvalue weighted by Gasteiger charge is -2.43. The van der Waals surface area contributed by atoms with Gasteiger partial charge >= 0.3 is 6.09 Å². The van der Waals surface area contributed by atoms with E-state index >= 15 is 0 Å². The van der Waals surface area contributed by atoms with Crippen molar-refractivity contribution in [3.63, 3.8) is 0 Å². The number of aromatic nitrogens is 2. The van der Waals surface area contributed by atoms with E-state index in [1.807, 2.05) is 4.90 Å². The number of nitrogens with zero attached hydrogens (tertiary/aromatic N) is 4. The molecule has 2 amide bonds. The van der Waals surface area contributed by atoms with Crippen LogP contribution in [0.1, 0.15) is 85.0 Å². The Balaban J connectivity index is 1.35. The molecule has 1 N–H and O–H groups in total. The van der Waals surface area contributed by atoms with Gasteiger partial charge in [-0.05, 0) is 84.5 Å². The van der Waals surface area contributed by atoms with Gasteiger partial charge < -0.3 is 15.0 Å². The first kappa shape index (κ1) is 26.7. The molecule has 9 nitrogen and oxygen atoms in total. The van der Waals surface area contributed by atoms with Gasteiger partial charge in [-0.1, -0.05) is 31.7 Å². The van der Waals surface area contributed by atoms with Gasteiger partial charge in [-0.15, -0.1) is 0 Å². The molecule has 3 fully saturated rings. The summed E-state index contributed by atoms with van der Waals surface area (Å²) in [6, 6.07) is 4.87. The Labute approximate surface area is 224 Å². The van der Waals surface area contributed by atoms with Gasteiger partial charge in [0.15, 0.2) is 0 Å². The minimum atomic E-state index is -0.649. The molecule has 1 atom stereocenters. The number of anilines is 1. The first-order valence-electron chi connectivity index (χ1n) is 14.3. The first-order chi connectivity index (χ1) is 18.2. The van der Waals surface area contributed by atoms with E-state index in [1.165, 1.54) is 17.5 Å². The van der Waals surface area contributed by atoms with Gasteiger partial charge in [0.2, 0.25) is 11.8 Å². The molecule has 206 valence electrons. The van der Waals surface area contributed by atoms with Crippen molar-refractivity contribution in [3.05, 3.63) is 24.4 Å². The minimum absolute atomic E-state index is 0.144. The summed E-state index contributed by atoms with van der Waals surface area (Å²) in [5.41, 5.74) is 0.0259. The Morgan fingerprint density at radius 1 is 0.974 bits per heavy atom. The fourth-order valence-corrected chi connectivity index (χ4v) is 6.50. The minimum Gasteiger partial charge on any atom is -0.442 e. The van der Waals surface area contributed by atoms with Crippen molar-refractivity contribution in [2.45, 2.75) is 102 Å². The smallest absolute Gasteiger partial charge is 0.435 e. The molecule has 0 radical (unpaired) electrons. The van der Waals surface area contributed by atoms with Crippen LogP contribution in [0.3, 0.4) is 0 Å². The molecule has 1 aromatic heterocycles. The number of amides is 2. The highest BCUT2D eigenvalue weighted by Crippen LogP contribution is 2.40. The highest BCUT2D eigenvalue weighted by molar-refractivity contribution is 6.05. The summed E-state index contributed by atoms with van der Waals surface area (Å²) in [5, 5.41) is 7.93. The molecule has 0 unspecified atom stereocenters. The van der Waals surface area contributed by atoms with Crippen LogP contribution >= 0.6 is 0 Å². The van der Waals surface area contributed by atoms with Crippen LogP contribution in [0.15, 0.2) is 24.4 Å². The summed E-state index contributed by atoms with van der Waals surface area (Å²) in [5.74, 6) is -0.0390. The van der Waals surface area contributed by atoms with E-state index in [2.05, 4.69) is 15.3 Å². The SMILES string of the molecule is CC(C)(C)OC(=O)n1ncc2c(NC(=O)[C@H]3CCCN3C(=O)C3(N4CCCCCC4)CCCC3)cccc21. The molecule has 9 heteroatoms. The second kappa shape index (κ2) is 10.7. The molecule has 38 heavy (non-hydrogen) atoms. The highest BCUT2D eigenvalue weighted by atomic mass is 16.6. The number of rotatable bonds is 4. The van der Waals surface area contributed by atoms with E-state index in [-0.39, 0.29) is 11.8 Å². The average molecular weight is 524 g/mol. The topological polar surface area (TPSA) is 96.8 Å². The third-order valence-corrected chi connectivity index (χ3v) is 8.29. The van der Waals surface area contributed by atoms with Crippen molar-refractivity contribution in [1.29, 1.82) is 0 Å². The first-order valence-corrected chi connectivity index (χ1v) is 14.3. The van der Waals surface area contributed by atoms with Crippen molar-refractivity contribution in [2.75, 3.05) is 25.0 Å². The summed E-state index contributed by atoms with van der Waals surface area (Å²) in [7, 11) is 0. The second-order valence-electron chi connectivity index (χ2n) is 12.1. The molecular weight excluding hydrogens is 482 g/mol. The summed E-state index contributed by atoms with van der Waals surface area (Å²) in [6.07, 6.45) is 11.1. The summed E-state index contributed by atoms with van der Waals surface area (Å²) < 4.78 is 6.69. The largest absolute Gasteiger partial charge is 0.442 e. The van der Waals surface area contributed by atoms with Gasteiger partial charge in [0.25, 0.3) is 0 Å². The zero-order chi connectivity index (χ0) is 26.9. The summed E-state index contributed by atoms with van der Waals surface area (Å²) in [4.78, 5) is 44.8. The van der Waals surface area contributed by atoms with Gasteiger partial charge in [-0.2, -0.15) is 9.78 Å². The number of hydrogen-bond donors (Lipinski definition) is 1. The lowest BCUT2D eigenvalue weighted by Crippen LogP contribution is -2.60. The van der Waals surface area contributed by atoms with Crippen LogP contribution in [-0.4, -0.2) is 74.3 Å². The summed E-state index contributed by atoms with van der Waals surface area (Å²) >= 11 is 0. The number of benzene rings is 1. The number of fused-ring (bicyclic) bond motifs is 1. The molecule has 2 aromatic rings. The third-order valence-electron chi connectivity index (χ3n) is 8.29. The third kappa shape index (κ3) is 5.17. The van der Waals surface area contributed by atoms with Crippen molar-refractivity contribution >= 4 is 34.5 Å². The van der Waals surface area contributed by atoms with Crippen molar-refractivity contribution in [2.24, 2.45) is 0 Å². The molecule has 3 aliphatic rings. The van der Waals surface area contributed by atoms with E-state index in [1.54, 1.807) is 45.2 Å². The van der Waals surface area contributed by atoms with Crippen LogP contribution in [0, 0.1) is 0 Å². The van der Waals surface area contributed by atoms with Gasteiger partial charge in [-0.25, -0.2) is 4.79 Å². The van der Waals surface area contributed by atoms with Crippen molar-refractivity contribution < 1.29 is 19.1 Å². The lowest BCUT2D eigenvalue weighted by atomic mass is 9.92. The number of hydrogen-bond acceptors (Lipinski definition) is 6. The number of carbonyl (C=O) groups is 3. The monoisotopic (exact) mass is 523 g/mol. The van der Waals surface area contributed by atoms with Crippen LogP contribution in [-0.2, 0) is 14.3 Å². The maximum Gasteiger partial charge on any atom is 0.435 e. The Morgan fingerprint density at radius 2 is 1.68 bits per heavy atom. The second-order valence-corrected chi connectivity index (χ2v) is 12.1. The van der Waals surface area contributed by atoms with Crippen molar-refractivity contribution in [1.82, 2.24) is 19.6 Å². The standard InChI is InChI=1S/C29H41N5O4/c1-28(2,3)38-27(37)34-23-13-10-12-22(21(23)20-30-34)31-25(35)24-14-11-19-33(24)26(36)29(15-6-7-16-29)32-17-8-4-5-9-18-32/h10,12-13,20,24H,4-9,11,14-19H2,1-3H3,(H,31,35)/t24-/m1/s1. The van der Waals surface area contributed by atoms with E-state index in [4.69, 9.17) is 4.74 Å². The molecule has 3 heterocycles. The number of nitrogens with one attached hydrogen (secondary N) is 1. The van der Waals surface area contributed by atoms with E-state index in [0.717, 1.165) is 58.0 Å². The predicted molar refractivity (Wildman–Crippen MR) is 146 cm³/mol. The zero-order valence-electron chi connectivity index (χ0n) is 23.0. The molecule has 2 aliphatic heterocycles. The lowest BCUT2D eigenvalue weighted by molar-refractivity contribution is -0.148. The average Bonchev–Trinajstić information content (AvgIpc) is 3.60. The Kier molecular flexibility index (Phi) is 7.49. The molecular formula is C29H41N5O4. The fraction of sp³-hybridized carbons (Fsp3) is 0.655. The molecule has 2 saturated heterocycles. The Bertz CT molecular complexity index is 1190.